The highest BCUT2D eigenvalue weighted by Crippen LogP contribution is 2.48. The van der Waals surface area contributed by atoms with Gasteiger partial charge in [-0.15, -0.1) is 5.10 Å². The van der Waals surface area contributed by atoms with E-state index in [9.17, 15) is 5.11 Å². The first kappa shape index (κ1) is 17.9. The van der Waals surface area contributed by atoms with Gasteiger partial charge in [0.05, 0.1) is 10.6 Å². The molecule has 31 heavy (non-hydrogen) atoms. The Labute approximate surface area is 182 Å². The number of benzene rings is 3. The fraction of sp³-hybridized carbons (Fsp3) is 0.0417. The molecule has 1 unspecified atom stereocenters. The second-order valence-corrected chi connectivity index (χ2v) is 7.72. The molecule has 150 valence electrons. The summed E-state index contributed by atoms with van der Waals surface area (Å²) in [5.41, 5.74) is 4.20. The second-order valence-electron chi connectivity index (χ2n) is 7.31. The number of ether oxygens (including phenoxy) is 1. The smallest absolute Gasteiger partial charge is 0.228 e. The molecule has 0 aliphatic carbocycles. The first-order valence-electron chi connectivity index (χ1n) is 9.75. The van der Waals surface area contributed by atoms with Gasteiger partial charge in [0.15, 0.2) is 11.5 Å². The number of phenolic OH excluding ortho intramolecular Hbond substituents is 1. The maximum absolute atomic E-state index is 9.98. The first-order valence-corrected chi connectivity index (χ1v) is 10.1. The molecule has 0 fully saturated rings. The fourth-order valence-electron chi connectivity index (χ4n) is 4.05. The first-order chi connectivity index (χ1) is 15.2. The molecule has 0 saturated carbocycles. The van der Waals surface area contributed by atoms with Crippen LogP contribution >= 0.6 is 11.6 Å². The summed E-state index contributed by atoms with van der Waals surface area (Å²) in [5, 5.41) is 15.2. The lowest BCUT2D eigenvalue weighted by Gasteiger charge is -2.27. The number of hydrogen-bond acceptors (Lipinski definition) is 5. The number of hydrogen-bond donors (Lipinski definition) is 1. The van der Waals surface area contributed by atoms with E-state index in [1.807, 2.05) is 48.5 Å². The zero-order chi connectivity index (χ0) is 20.9. The number of rotatable bonds is 2. The summed E-state index contributed by atoms with van der Waals surface area (Å²) in [6.07, 6.45) is 1.58. The van der Waals surface area contributed by atoms with Crippen LogP contribution in [-0.2, 0) is 0 Å². The van der Waals surface area contributed by atoms with Crippen molar-refractivity contribution in [3.63, 3.8) is 0 Å². The zero-order valence-corrected chi connectivity index (χ0v) is 16.9. The van der Waals surface area contributed by atoms with Crippen LogP contribution in [0.1, 0.15) is 22.6 Å². The van der Waals surface area contributed by atoms with Crippen LogP contribution in [-0.4, -0.2) is 24.7 Å². The third-order valence-corrected chi connectivity index (χ3v) is 5.77. The van der Waals surface area contributed by atoms with E-state index >= 15 is 0 Å². The summed E-state index contributed by atoms with van der Waals surface area (Å²) in [6, 6.07) is 22.7. The highest BCUT2D eigenvalue weighted by atomic mass is 35.5. The topological polar surface area (TPSA) is 72.5 Å². The van der Waals surface area contributed by atoms with Crippen molar-refractivity contribution >= 4 is 17.2 Å². The average molecular weight is 427 g/mol. The van der Waals surface area contributed by atoms with Gasteiger partial charge in [0.25, 0.3) is 0 Å². The molecule has 0 amide bonds. The molecule has 1 aliphatic heterocycles. The predicted octanol–water partition coefficient (Wildman–Crippen LogP) is 5.44. The summed E-state index contributed by atoms with van der Waals surface area (Å²) in [6.45, 7) is 0. The quantitative estimate of drug-likeness (QED) is 0.399. The molecule has 5 aromatic rings. The van der Waals surface area contributed by atoms with E-state index in [-0.39, 0.29) is 11.7 Å². The van der Waals surface area contributed by atoms with E-state index in [1.54, 1.807) is 23.0 Å². The lowest BCUT2D eigenvalue weighted by molar-refractivity contribution is 0.422. The van der Waals surface area contributed by atoms with Crippen LogP contribution < -0.4 is 4.74 Å². The Kier molecular flexibility index (Phi) is 3.94. The van der Waals surface area contributed by atoms with Gasteiger partial charge in [0.2, 0.25) is 5.88 Å². The molecule has 0 bridgehead atoms. The second kappa shape index (κ2) is 6.82. The number of aromatic hydroxyl groups is 1. The summed E-state index contributed by atoms with van der Waals surface area (Å²) in [4.78, 5) is 9.33. The standard InChI is InChI=1S/C24H15ClN4O2/c25-18-9-5-4-8-16(18)22-27-23-21-20(14-6-2-1-3-7-14)17-11-10-15(30)12-19(17)31-24(21)26-13-29(23)28-22/h1-13,20,30H. The largest absolute Gasteiger partial charge is 0.508 e. The molecular weight excluding hydrogens is 412 g/mol. The lowest BCUT2D eigenvalue weighted by Crippen LogP contribution is -2.14. The number of aromatic nitrogens is 4. The van der Waals surface area contributed by atoms with Gasteiger partial charge < -0.3 is 9.84 Å². The minimum absolute atomic E-state index is 0.138. The Morgan fingerprint density at radius 2 is 1.77 bits per heavy atom. The fourth-order valence-corrected chi connectivity index (χ4v) is 4.27. The molecule has 6 nitrogen and oxygen atoms in total. The molecule has 2 aromatic heterocycles. The normalized spacial score (nSPS) is 14.7. The highest BCUT2D eigenvalue weighted by Gasteiger charge is 2.33. The van der Waals surface area contributed by atoms with Crippen LogP contribution in [0.15, 0.2) is 79.1 Å². The molecule has 0 radical (unpaired) electrons. The Hall–Kier alpha value is -3.90. The Morgan fingerprint density at radius 3 is 2.61 bits per heavy atom. The van der Waals surface area contributed by atoms with E-state index < -0.39 is 0 Å². The van der Waals surface area contributed by atoms with Crippen LogP contribution in [0.4, 0.5) is 0 Å². The van der Waals surface area contributed by atoms with Gasteiger partial charge >= 0.3 is 0 Å². The minimum atomic E-state index is -0.181. The Bertz CT molecular complexity index is 1450. The van der Waals surface area contributed by atoms with Crippen LogP contribution in [0.5, 0.6) is 17.4 Å². The maximum Gasteiger partial charge on any atom is 0.228 e. The minimum Gasteiger partial charge on any atom is -0.508 e. The molecular formula is C24H15ClN4O2. The van der Waals surface area contributed by atoms with Crippen molar-refractivity contribution in [1.29, 1.82) is 0 Å². The van der Waals surface area contributed by atoms with Crippen molar-refractivity contribution in [3.05, 3.63) is 101 Å². The van der Waals surface area contributed by atoms with Crippen molar-refractivity contribution in [1.82, 2.24) is 19.6 Å². The molecule has 6 rings (SSSR count). The van der Waals surface area contributed by atoms with Gasteiger partial charge in [0, 0.05) is 23.1 Å². The third-order valence-electron chi connectivity index (χ3n) is 5.44. The molecule has 3 heterocycles. The Morgan fingerprint density at radius 1 is 0.968 bits per heavy atom. The molecule has 1 N–H and O–H groups in total. The van der Waals surface area contributed by atoms with Gasteiger partial charge in [-0.3, -0.25) is 0 Å². The number of phenols is 1. The van der Waals surface area contributed by atoms with Crippen molar-refractivity contribution in [2.24, 2.45) is 0 Å². The maximum atomic E-state index is 9.98. The van der Waals surface area contributed by atoms with Crippen LogP contribution in [0.2, 0.25) is 5.02 Å². The van der Waals surface area contributed by atoms with Gasteiger partial charge in [-0.2, -0.15) is 0 Å². The van der Waals surface area contributed by atoms with E-state index in [4.69, 9.17) is 21.3 Å². The summed E-state index contributed by atoms with van der Waals surface area (Å²) >= 11 is 6.38. The number of fused-ring (bicyclic) bond motifs is 4. The SMILES string of the molecule is Oc1ccc2c(c1)Oc1ncn3nc(-c4ccccc4Cl)nc3c1C2c1ccccc1. The van der Waals surface area contributed by atoms with Crippen LogP contribution in [0.25, 0.3) is 17.0 Å². The molecule has 1 aliphatic rings. The number of nitrogens with zero attached hydrogens (tertiary/aromatic N) is 4. The summed E-state index contributed by atoms with van der Waals surface area (Å²) < 4.78 is 7.73. The molecule has 1 atom stereocenters. The summed E-state index contributed by atoms with van der Waals surface area (Å²) in [5.74, 6) is 1.49. The zero-order valence-electron chi connectivity index (χ0n) is 16.1. The molecule has 0 spiro atoms. The average Bonchev–Trinajstić information content (AvgIpc) is 3.22. The summed E-state index contributed by atoms with van der Waals surface area (Å²) in [7, 11) is 0. The van der Waals surface area contributed by atoms with Gasteiger partial charge in [0.1, 0.15) is 17.8 Å². The van der Waals surface area contributed by atoms with Crippen molar-refractivity contribution in [2.45, 2.75) is 5.92 Å². The highest BCUT2D eigenvalue weighted by molar-refractivity contribution is 6.33. The van der Waals surface area contributed by atoms with E-state index in [1.165, 1.54) is 0 Å². The molecule has 0 saturated heterocycles. The lowest BCUT2D eigenvalue weighted by atomic mass is 9.84. The Balaban J connectivity index is 1.63. The van der Waals surface area contributed by atoms with Gasteiger partial charge in [-0.05, 0) is 23.8 Å². The van der Waals surface area contributed by atoms with Gasteiger partial charge in [-0.1, -0.05) is 60.1 Å². The van der Waals surface area contributed by atoms with E-state index in [2.05, 4.69) is 22.2 Å². The van der Waals surface area contributed by atoms with Crippen molar-refractivity contribution < 1.29 is 9.84 Å². The third kappa shape index (κ3) is 2.84. The van der Waals surface area contributed by atoms with Crippen molar-refractivity contribution in [2.75, 3.05) is 0 Å². The number of halogens is 1. The van der Waals surface area contributed by atoms with Crippen molar-refractivity contribution in [3.8, 4) is 28.8 Å². The predicted molar refractivity (Wildman–Crippen MR) is 117 cm³/mol. The molecule has 7 heteroatoms. The van der Waals surface area contributed by atoms with E-state index in [0.717, 1.165) is 22.3 Å². The van der Waals surface area contributed by atoms with E-state index in [0.29, 0.717) is 28.1 Å². The van der Waals surface area contributed by atoms with Crippen LogP contribution in [0.3, 0.4) is 0 Å². The molecule has 3 aromatic carbocycles. The monoisotopic (exact) mass is 426 g/mol. The van der Waals surface area contributed by atoms with Crippen LogP contribution in [0, 0.1) is 0 Å². The van der Waals surface area contributed by atoms with Gasteiger partial charge in [-0.25, -0.2) is 14.5 Å².